The largest absolute Gasteiger partial charge is 0.423 e. The van der Waals surface area contributed by atoms with E-state index < -0.39 is 0 Å². The molecule has 0 aromatic heterocycles. The van der Waals surface area contributed by atoms with Gasteiger partial charge in [-0.3, -0.25) is 4.79 Å². The van der Waals surface area contributed by atoms with E-state index in [1.165, 1.54) is 11.6 Å². The van der Waals surface area contributed by atoms with Gasteiger partial charge in [0.05, 0.1) is 0 Å². The molecule has 0 radical (unpaired) electrons. The zero-order valence-electron chi connectivity index (χ0n) is 11.4. The van der Waals surface area contributed by atoms with Gasteiger partial charge in [0.1, 0.15) is 11.5 Å². The van der Waals surface area contributed by atoms with E-state index in [9.17, 15) is 9.59 Å². The summed E-state index contributed by atoms with van der Waals surface area (Å²) in [5, 5.41) is 0. The highest BCUT2D eigenvalue weighted by Crippen LogP contribution is 2.49. The molecule has 0 saturated heterocycles. The molecule has 1 fully saturated rings. The maximum absolute atomic E-state index is 12.2. The molecule has 100 valence electrons. The van der Waals surface area contributed by atoms with E-state index in [0.717, 1.165) is 36.8 Å². The van der Waals surface area contributed by atoms with Crippen LogP contribution in [0.2, 0.25) is 0 Å². The van der Waals surface area contributed by atoms with Crippen molar-refractivity contribution in [1.29, 1.82) is 0 Å². The second-order valence-corrected chi connectivity index (χ2v) is 5.81. The third-order valence-electron chi connectivity index (χ3n) is 4.77. The van der Waals surface area contributed by atoms with E-state index in [0.29, 0.717) is 18.0 Å². The molecular weight excluding hydrogens is 240 g/mol. The van der Waals surface area contributed by atoms with E-state index in [-0.39, 0.29) is 11.4 Å². The topological polar surface area (TPSA) is 43.4 Å². The average Bonchev–Trinajstić information content (AvgIpc) is 2.79. The first-order valence-corrected chi connectivity index (χ1v) is 6.89. The van der Waals surface area contributed by atoms with Crippen LogP contribution in [0.1, 0.15) is 46.0 Å². The van der Waals surface area contributed by atoms with Crippen LogP contribution in [0.3, 0.4) is 0 Å². The molecule has 0 aromatic carbocycles. The summed E-state index contributed by atoms with van der Waals surface area (Å²) < 4.78 is 5.22. The summed E-state index contributed by atoms with van der Waals surface area (Å²) in [6.07, 6.45) is 7.48. The predicted octanol–water partition coefficient (Wildman–Crippen LogP) is 3.22. The highest BCUT2D eigenvalue weighted by molar-refractivity contribution is 5.90. The van der Waals surface area contributed by atoms with Gasteiger partial charge in [-0.05, 0) is 56.8 Å². The van der Waals surface area contributed by atoms with Gasteiger partial charge in [0.15, 0.2) is 0 Å². The fourth-order valence-electron chi connectivity index (χ4n) is 3.57. The van der Waals surface area contributed by atoms with Gasteiger partial charge in [-0.1, -0.05) is 5.57 Å². The number of rotatable bonds is 0. The van der Waals surface area contributed by atoms with Crippen LogP contribution in [0.25, 0.3) is 0 Å². The van der Waals surface area contributed by atoms with E-state index in [4.69, 9.17) is 4.74 Å². The van der Waals surface area contributed by atoms with Gasteiger partial charge in [0.2, 0.25) is 0 Å². The van der Waals surface area contributed by atoms with Crippen LogP contribution in [-0.2, 0) is 14.3 Å². The van der Waals surface area contributed by atoms with Crippen LogP contribution in [0.5, 0.6) is 0 Å². The number of ether oxygens (including phenoxy) is 1. The number of esters is 1. The Bertz CT molecular complexity index is 563. The van der Waals surface area contributed by atoms with Crippen LogP contribution in [0, 0.1) is 5.41 Å². The Kier molecular flexibility index (Phi) is 2.73. The number of fused-ring (bicyclic) bond motifs is 1. The molecule has 1 atom stereocenters. The maximum atomic E-state index is 12.2. The zero-order chi connectivity index (χ0) is 13.6. The molecule has 0 bridgehead atoms. The monoisotopic (exact) mass is 258 g/mol. The van der Waals surface area contributed by atoms with Crippen molar-refractivity contribution in [3.63, 3.8) is 0 Å². The van der Waals surface area contributed by atoms with E-state index in [1.807, 2.05) is 0 Å². The van der Waals surface area contributed by atoms with Crippen LogP contribution >= 0.6 is 0 Å². The lowest BCUT2D eigenvalue weighted by Crippen LogP contribution is -2.36. The molecule has 3 heteroatoms. The Balaban J connectivity index is 2.08. The molecule has 3 aliphatic rings. The van der Waals surface area contributed by atoms with Crippen LogP contribution < -0.4 is 0 Å². The standard InChI is InChI=1S/C16H18O3/c1-10-11(13-6-7-15(18)19-13)8-9-16(2)12(10)4-3-5-14(16)17/h6-7H,3-5,8-9H2,1-2H3/t16-/m0/s1. The smallest absolute Gasteiger partial charge is 0.336 e. The van der Waals surface area contributed by atoms with Crippen molar-refractivity contribution in [3.8, 4) is 0 Å². The highest BCUT2D eigenvalue weighted by Gasteiger charge is 2.43. The molecule has 3 nitrogen and oxygen atoms in total. The zero-order valence-corrected chi connectivity index (χ0v) is 11.4. The van der Waals surface area contributed by atoms with Gasteiger partial charge < -0.3 is 4.74 Å². The van der Waals surface area contributed by atoms with E-state index in [1.54, 1.807) is 6.08 Å². The summed E-state index contributed by atoms with van der Waals surface area (Å²) in [5.74, 6) is 0.750. The minimum absolute atomic E-state index is 0.279. The Morgan fingerprint density at radius 3 is 2.63 bits per heavy atom. The molecule has 3 rings (SSSR count). The Hall–Kier alpha value is -1.64. The Labute approximate surface area is 113 Å². The predicted molar refractivity (Wildman–Crippen MR) is 71.2 cm³/mol. The number of Topliss-reactive ketones (excluding diaryl/α,β-unsaturated/α-hetero) is 1. The summed E-state index contributed by atoms with van der Waals surface area (Å²) in [6, 6.07) is 0. The number of hydrogen-bond acceptors (Lipinski definition) is 3. The summed E-state index contributed by atoms with van der Waals surface area (Å²) in [4.78, 5) is 23.4. The van der Waals surface area contributed by atoms with Gasteiger partial charge in [-0.15, -0.1) is 0 Å². The van der Waals surface area contributed by atoms with Crippen molar-refractivity contribution >= 4 is 11.8 Å². The lowest BCUT2D eigenvalue weighted by atomic mass is 9.62. The van der Waals surface area contributed by atoms with Gasteiger partial charge in [-0.2, -0.15) is 0 Å². The average molecular weight is 258 g/mol. The van der Waals surface area contributed by atoms with Crippen molar-refractivity contribution in [1.82, 2.24) is 0 Å². The van der Waals surface area contributed by atoms with Crippen molar-refractivity contribution in [2.75, 3.05) is 0 Å². The normalized spacial score (nSPS) is 34.6. The summed E-state index contributed by atoms with van der Waals surface area (Å²) in [6.45, 7) is 4.14. The van der Waals surface area contributed by atoms with Gasteiger partial charge in [0, 0.05) is 17.9 Å². The third kappa shape index (κ3) is 1.79. The van der Waals surface area contributed by atoms with Crippen molar-refractivity contribution in [2.45, 2.75) is 46.0 Å². The third-order valence-corrected chi connectivity index (χ3v) is 4.77. The fraction of sp³-hybridized carbons (Fsp3) is 0.500. The van der Waals surface area contributed by atoms with E-state index >= 15 is 0 Å². The minimum Gasteiger partial charge on any atom is -0.423 e. The molecule has 1 aliphatic heterocycles. The number of cyclic esters (lactones) is 1. The second-order valence-electron chi connectivity index (χ2n) is 5.81. The lowest BCUT2D eigenvalue weighted by Gasteiger charge is -2.40. The number of carbonyl (C=O) groups is 2. The first-order chi connectivity index (χ1) is 9.02. The first kappa shape index (κ1) is 12.4. The highest BCUT2D eigenvalue weighted by atomic mass is 16.5. The maximum Gasteiger partial charge on any atom is 0.336 e. The second kappa shape index (κ2) is 4.19. The van der Waals surface area contributed by atoms with Gasteiger partial charge in [0.25, 0.3) is 0 Å². The number of carbonyl (C=O) groups excluding carboxylic acids is 2. The molecule has 1 saturated carbocycles. The van der Waals surface area contributed by atoms with Crippen LogP contribution in [0.4, 0.5) is 0 Å². The summed E-state index contributed by atoms with van der Waals surface area (Å²) in [5.41, 5.74) is 3.24. The van der Waals surface area contributed by atoms with Crippen LogP contribution in [0.15, 0.2) is 34.6 Å². The molecule has 1 heterocycles. The minimum atomic E-state index is -0.298. The van der Waals surface area contributed by atoms with E-state index in [2.05, 4.69) is 13.8 Å². The molecule has 0 unspecified atom stereocenters. The van der Waals surface area contributed by atoms with Crippen molar-refractivity contribution in [2.24, 2.45) is 5.41 Å². The SMILES string of the molecule is CC1=C2CCCC(=O)[C@@]2(C)CCC1=C1C=CC(=O)O1. The summed E-state index contributed by atoms with van der Waals surface area (Å²) >= 11 is 0. The molecule has 0 amide bonds. The molecule has 0 aromatic rings. The molecule has 0 N–H and O–H groups in total. The Morgan fingerprint density at radius 1 is 1.16 bits per heavy atom. The van der Waals surface area contributed by atoms with Gasteiger partial charge >= 0.3 is 5.97 Å². The van der Waals surface area contributed by atoms with Crippen molar-refractivity contribution in [3.05, 3.63) is 34.6 Å². The lowest BCUT2D eigenvalue weighted by molar-refractivity contribution is -0.132. The number of allylic oxidation sites excluding steroid dienone is 4. The first-order valence-electron chi connectivity index (χ1n) is 6.89. The van der Waals surface area contributed by atoms with Crippen molar-refractivity contribution < 1.29 is 14.3 Å². The fourth-order valence-corrected chi connectivity index (χ4v) is 3.57. The Morgan fingerprint density at radius 2 is 1.95 bits per heavy atom. The molecular formula is C16H18O3. The van der Waals surface area contributed by atoms with Gasteiger partial charge in [-0.25, -0.2) is 4.79 Å². The molecule has 0 spiro atoms. The summed E-state index contributed by atoms with van der Waals surface area (Å²) in [7, 11) is 0. The molecule has 2 aliphatic carbocycles. The van der Waals surface area contributed by atoms with Crippen LogP contribution in [-0.4, -0.2) is 11.8 Å². The quantitative estimate of drug-likeness (QED) is 0.626. The number of hydrogen-bond donors (Lipinski definition) is 0. The number of ketones is 1. The molecule has 19 heavy (non-hydrogen) atoms.